The SMILES string of the molecule is CC1CCCCCC1=N[C@@H](C)c1ccccc1. The Morgan fingerprint density at radius 1 is 1.12 bits per heavy atom. The summed E-state index contributed by atoms with van der Waals surface area (Å²) in [7, 11) is 0. The van der Waals surface area contributed by atoms with Crippen molar-refractivity contribution >= 4 is 5.71 Å². The molecule has 1 unspecified atom stereocenters. The number of hydrogen-bond donors (Lipinski definition) is 0. The molecule has 0 amide bonds. The van der Waals surface area contributed by atoms with Crippen molar-refractivity contribution in [3.8, 4) is 0 Å². The maximum Gasteiger partial charge on any atom is 0.0720 e. The van der Waals surface area contributed by atoms with E-state index in [1.807, 2.05) is 0 Å². The first kappa shape index (κ1) is 12.3. The van der Waals surface area contributed by atoms with E-state index in [1.165, 1.54) is 43.4 Å². The van der Waals surface area contributed by atoms with Crippen LogP contribution >= 0.6 is 0 Å². The van der Waals surface area contributed by atoms with Crippen molar-refractivity contribution in [3.63, 3.8) is 0 Å². The van der Waals surface area contributed by atoms with Crippen LogP contribution in [0.15, 0.2) is 35.3 Å². The van der Waals surface area contributed by atoms with Crippen LogP contribution < -0.4 is 0 Å². The van der Waals surface area contributed by atoms with Crippen LogP contribution in [0.2, 0.25) is 0 Å². The van der Waals surface area contributed by atoms with E-state index in [0.29, 0.717) is 12.0 Å². The molecule has 0 aromatic heterocycles. The second-order valence-corrected chi connectivity index (χ2v) is 5.21. The maximum atomic E-state index is 4.96. The molecule has 1 aliphatic rings. The largest absolute Gasteiger partial charge is 0.286 e. The van der Waals surface area contributed by atoms with Gasteiger partial charge in [0.1, 0.15) is 0 Å². The minimum Gasteiger partial charge on any atom is -0.286 e. The Bertz CT molecular complexity index is 366. The highest BCUT2D eigenvalue weighted by molar-refractivity contribution is 5.86. The summed E-state index contributed by atoms with van der Waals surface area (Å²) < 4.78 is 0. The maximum absolute atomic E-state index is 4.96. The van der Waals surface area contributed by atoms with E-state index in [-0.39, 0.29) is 0 Å². The van der Waals surface area contributed by atoms with E-state index in [0.717, 1.165) is 0 Å². The van der Waals surface area contributed by atoms with E-state index >= 15 is 0 Å². The van der Waals surface area contributed by atoms with Gasteiger partial charge in [-0.15, -0.1) is 0 Å². The van der Waals surface area contributed by atoms with Gasteiger partial charge in [0.25, 0.3) is 0 Å². The van der Waals surface area contributed by atoms with Crippen LogP contribution in [0.1, 0.15) is 57.6 Å². The number of hydrogen-bond acceptors (Lipinski definition) is 1. The molecule has 0 heterocycles. The van der Waals surface area contributed by atoms with Gasteiger partial charge in [-0.05, 0) is 37.7 Å². The third kappa shape index (κ3) is 3.42. The second-order valence-electron chi connectivity index (χ2n) is 5.21. The molecular formula is C16H23N. The van der Waals surface area contributed by atoms with Gasteiger partial charge in [0.05, 0.1) is 6.04 Å². The highest BCUT2D eigenvalue weighted by Crippen LogP contribution is 2.24. The van der Waals surface area contributed by atoms with Crippen molar-refractivity contribution in [1.82, 2.24) is 0 Å². The average Bonchev–Trinajstić information content (AvgIpc) is 2.56. The van der Waals surface area contributed by atoms with Crippen LogP contribution in [0.25, 0.3) is 0 Å². The molecule has 1 aliphatic carbocycles. The lowest BCUT2D eigenvalue weighted by atomic mass is 9.99. The summed E-state index contributed by atoms with van der Waals surface area (Å²) in [6.45, 7) is 4.54. The number of benzene rings is 1. The lowest BCUT2D eigenvalue weighted by Gasteiger charge is -2.14. The topological polar surface area (TPSA) is 12.4 Å². The van der Waals surface area contributed by atoms with Crippen molar-refractivity contribution in [1.29, 1.82) is 0 Å². The fraction of sp³-hybridized carbons (Fsp3) is 0.562. The number of nitrogens with zero attached hydrogens (tertiary/aromatic N) is 1. The zero-order chi connectivity index (χ0) is 12.1. The Morgan fingerprint density at radius 3 is 2.65 bits per heavy atom. The normalized spacial score (nSPS) is 25.5. The molecule has 0 radical (unpaired) electrons. The summed E-state index contributed by atoms with van der Waals surface area (Å²) in [5, 5.41) is 0. The quantitative estimate of drug-likeness (QED) is 0.647. The van der Waals surface area contributed by atoms with Crippen LogP contribution in [0, 0.1) is 5.92 Å². The zero-order valence-corrected chi connectivity index (χ0v) is 11.0. The molecule has 17 heavy (non-hydrogen) atoms. The van der Waals surface area contributed by atoms with Gasteiger partial charge in [-0.25, -0.2) is 0 Å². The van der Waals surface area contributed by atoms with Gasteiger partial charge in [0, 0.05) is 5.71 Å². The minimum atomic E-state index is 0.312. The van der Waals surface area contributed by atoms with Gasteiger partial charge in [0.15, 0.2) is 0 Å². The molecule has 0 bridgehead atoms. The van der Waals surface area contributed by atoms with Gasteiger partial charge in [0.2, 0.25) is 0 Å². The van der Waals surface area contributed by atoms with Crippen molar-refractivity contribution in [3.05, 3.63) is 35.9 Å². The first-order valence-electron chi connectivity index (χ1n) is 6.89. The molecule has 0 aliphatic heterocycles. The molecule has 1 nitrogen and oxygen atoms in total. The Labute approximate surface area is 105 Å². The minimum absolute atomic E-state index is 0.312. The van der Waals surface area contributed by atoms with Crippen LogP contribution in [0.3, 0.4) is 0 Å². The smallest absolute Gasteiger partial charge is 0.0720 e. The molecule has 1 fully saturated rings. The highest BCUT2D eigenvalue weighted by Gasteiger charge is 2.15. The lowest BCUT2D eigenvalue weighted by Crippen LogP contribution is -2.10. The summed E-state index contributed by atoms with van der Waals surface area (Å²) >= 11 is 0. The fourth-order valence-corrected chi connectivity index (χ4v) is 2.59. The lowest BCUT2D eigenvalue weighted by molar-refractivity contribution is 0.625. The van der Waals surface area contributed by atoms with E-state index in [1.54, 1.807) is 0 Å². The fourth-order valence-electron chi connectivity index (χ4n) is 2.59. The molecule has 1 saturated carbocycles. The molecule has 1 aromatic rings. The average molecular weight is 229 g/mol. The molecule has 1 heteroatoms. The third-order valence-electron chi connectivity index (χ3n) is 3.78. The summed E-state index contributed by atoms with van der Waals surface area (Å²) in [6, 6.07) is 10.9. The Kier molecular flexibility index (Phi) is 4.36. The van der Waals surface area contributed by atoms with Crippen LogP contribution in [0.5, 0.6) is 0 Å². The molecule has 0 N–H and O–H groups in total. The van der Waals surface area contributed by atoms with E-state index < -0.39 is 0 Å². The summed E-state index contributed by atoms with van der Waals surface area (Å²) in [4.78, 5) is 4.96. The Morgan fingerprint density at radius 2 is 1.88 bits per heavy atom. The first-order valence-corrected chi connectivity index (χ1v) is 6.89. The zero-order valence-electron chi connectivity index (χ0n) is 11.0. The molecule has 0 spiro atoms. The predicted molar refractivity (Wildman–Crippen MR) is 74.5 cm³/mol. The standard InChI is InChI=1S/C16H23N/c1-13-9-5-3-8-12-16(13)17-14(2)15-10-6-4-7-11-15/h4,6-7,10-11,13-14H,3,5,8-9,12H2,1-2H3/t13?,14-/m0/s1. The molecular weight excluding hydrogens is 206 g/mol. The first-order chi connectivity index (χ1) is 8.27. The Balaban J connectivity index is 2.11. The molecule has 2 rings (SSSR count). The van der Waals surface area contributed by atoms with E-state index in [9.17, 15) is 0 Å². The van der Waals surface area contributed by atoms with Crippen LogP contribution in [0.4, 0.5) is 0 Å². The summed E-state index contributed by atoms with van der Waals surface area (Å²) in [5.41, 5.74) is 2.77. The highest BCUT2D eigenvalue weighted by atomic mass is 14.8. The molecule has 0 saturated heterocycles. The van der Waals surface area contributed by atoms with Crippen LogP contribution in [-0.4, -0.2) is 5.71 Å². The second kappa shape index (κ2) is 6.00. The number of aliphatic imine (C=N–C) groups is 1. The van der Waals surface area contributed by atoms with Crippen LogP contribution in [-0.2, 0) is 0 Å². The monoisotopic (exact) mass is 229 g/mol. The molecule has 2 atom stereocenters. The molecule has 92 valence electrons. The van der Waals surface area contributed by atoms with Crippen molar-refractivity contribution < 1.29 is 0 Å². The van der Waals surface area contributed by atoms with Gasteiger partial charge in [-0.2, -0.15) is 0 Å². The van der Waals surface area contributed by atoms with E-state index in [2.05, 4.69) is 44.2 Å². The van der Waals surface area contributed by atoms with Gasteiger partial charge in [-0.1, -0.05) is 50.1 Å². The van der Waals surface area contributed by atoms with Gasteiger partial charge < -0.3 is 0 Å². The summed E-state index contributed by atoms with van der Waals surface area (Å²) in [5.74, 6) is 0.684. The van der Waals surface area contributed by atoms with E-state index in [4.69, 9.17) is 4.99 Å². The van der Waals surface area contributed by atoms with Gasteiger partial charge in [-0.3, -0.25) is 4.99 Å². The predicted octanol–water partition coefficient (Wildman–Crippen LogP) is 4.79. The summed E-state index contributed by atoms with van der Waals surface area (Å²) in [6.07, 6.45) is 6.60. The van der Waals surface area contributed by atoms with Gasteiger partial charge >= 0.3 is 0 Å². The van der Waals surface area contributed by atoms with Crippen molar-refractivity contribution in [2.24, 2.45) is 10.9 Å². The van der Waals surface area contributed by atoms with Crippen molar-refractivity contribution in [2.45, 2.75) is 52.0 Å². The third-order valence-corrected chi connectivity index (χ3v) is 3.78. The molecule has 1 aromatic carbocycles. The van der Waals surface area contributed by atoms with Crippen molar-refractivity contribution in [2.75, 3.05) is 0 Å². The number of rotatable bonds is 2. The Hall–Kier alpha value is -1.11.